The second-order valence-corrected chi connectivity index (χ2v) is 13.7. The molecule has 2 aromatic heterocycles. The molecule has 0 amide bonds. The molecule has 0 N–H and O–H groups in total. The van der Waals surface area contributed by atoms with Gasteiger partial charge in [-0.3, -0.25) is 0 Å². The first-order valence-corrected chi connectivity index (χ1v) is 18.1. The maximum Gasteiger partial charge on any atom is 0.136 e. The molecule has 11 rings (SSSR count). The van der Waals surface area contributed by atoms with E-state index in [1.165, 1.54) is 43.4 Å². The van der Waals surface area contributed by atoms with Gasteiger partial charge in [0.05, 0.1) is 16.7 Å². The van der Waals surface area contributed by atoms with Gasteiger partial charge in [-0.1, -0.05) is 133 Å². The van der Waals surface area contributed by atoms with Gasteiger partial charge < -0.3 is 13.9 Å². The van der Waals surface area contributed by atoms with E-state index in [0.717, 1.165) is 55.8 Å². The topological polar surface area (TPSA) is 21.3 Å². The van der Waals surface area contributed by atoms with E-state index in [4.69, 9.17) is 4.42 Å². The first kappa shape index (κ1) is 29.6. The highest BCUT2D eigenvalue weighted by Crippen LogP contribution is 2.44. The van der Waals surface area contributed by atoms with Crippen LogP contribution in [0.25, 0.3) is 82.1 Å². The van der Waals surface area contributed by atoms with Crippen molar-refractivity contribution in [1.82, 2.24) is 4.57 Å². The molecule has 0 bridgehead atoms. The van der Waals surface area contributed by atoms with Gasteiger partial charge in [-0.25, -0.2) is 0 Å². The van der Waals surface area contributed by atoms with Crippen molar-refractivity contribution < 1.29 is 4.42 Å². The highest BCUT2D eigenvalue weighted by atomic mass is 16.3. The number of anilines is 3. The molecular formula is C50H32N2O. The SMILES string of the molecule is c1cc(N(c2ccc(-c3cccc4oc5ccccc5c34)cc2)c2cc3ccccc3c3ccccc23)cc(-n2c3ccccc3c3ccccc32)c1. The van der Waals surface area contributed by atoms with Crippen molar-refractivity contribution in [3.05, 3.63) is 194 Å². The lowest BCUT2D eigenvalue weighted by atomic mass is 9.97. The number of hydrogen-bond donors (Lipinski definition) is 0. The number of benzene rings is 9. The minimum Gasteiger partial charge on any atom is -0.456 e. The number of aromatic nitrogens is 1. The van der Waals surface area contributed by atoms with Crippen LogP contribution in [0.3, 0.4) is 0 Å². The summed E-state index contributed by atoms with van der Waals surface area (Å²) >= 11 is 0. The van der Waals surface area contributed by atoms with E-state index in [9.17, 15) is 0 Å². The van der Waals surface area contributed by atoms with Crippen molar-refractivity contribution in [2.24, 2.45) is 0 Å². The zero-order valence-corrected chi connectivity index (χ0v) is 28.8. The van der Waals surface area contributed by atoms with E-state index in [1.54, 1.807) is 0 Å². The normalized spacial score (nSPS) is 11.8. The Morgan fingerprint density at radius 2 is 1.00 bits per heavy atom. The number of para-hydroxylation sites is 3. The van der Waals surface area contributed by atoms with Gasteiger partial charge in [-0.05, 0) is 87.9 Å². The Labute approximate surface area is 306 Å². The first-order chi connectivity index (χ1) is 26.3. The smallest absolute Gasteiger partial charge is 0.136 e. The summed E-state index contributed by atoms with van der Waals surface area (Å²) in [5.74, 6) is 0. The standard InChI is InChI=1S/C50H32N2O/c1-2-16-38-34(13-1)31-47(41-18-4-3-17-40(38)41)51(35-29-27-33(28-30-35)39-22-12-26-49-50(39)44-21-7-10-25-48(44)53-49)36-14-11-15-37(32-36)52-45-23-8-5-19-42(45)43-20-6-9-24-46(43)52/h1-32H. The van der Waals surface area contributed by atoms with E-state index in [0.29, 0.717) is 0 Å². The Balaban J connectivity index is 1.14. The average Bonchev–Trinajstić information content (AvgIpc) is 3.78. The molecule has 0 aliphatic heterocycles. The second-order valence-electron chi connectivity index (χ2n) is 13.7. The zero-order chi connectivity index (χ0) is 34.9. The molecule has 2 heterocycles. The maximum absolute atomic E-state index is 6.25. The summed E-state index contributed by atoms with van der Waals surface area (Å²) in [6.45, 7) is 0. The average molecular weight is 677 g/mol. The molecule has 0 unspecified atom stereocenters. The van der Waals surface area contributed by atoms with Crippen LogP contribution in [0.1, 0.15) is 0 Å². The van der Waals surface area contributed by atoms with E-state index in [2.05, 4.69) is 191 Å². The van der Waals surface area contributed by atoms with Gasteiger partial charge in [-0.15, -0.1) is 0 Å². The van der Waals surface area contributed by atoms with Gasteiger partial charge in [0.1, 0.15) is 11.2 Å². The summed E-state index contributed by atoms with van der Waals surface area (Å²) in [4.78, 5) is 2.42. The fraction of sp³-hybridized carbons (Fsp3) is 0. The van der Waals surface area contributed by atoms with Crippen LogP contribution in [0, 0.1) is 0 Å². The van der Waals surface area contributed by atoms with E-state index < -0.39 is 0 Å². The summed E-state index contributed by atoms with van der Waals surface area (Å²) in [6.07, 6.45) is 0. The van der Waals surface area contributed by atoms with Crippen molar-refractivity contribution in [1.29, 1.82) is 0 Å². The minimum absolute atomic E-state index is 0.902. The van der Waals surface area contributed by atoms with Crippen LogP contribution in [-0.2, 0) is 0 Å². The molecule has 9 aromatic carbocycles. The third-order valence-electron chi connectivity index (χ3n) is 10.8. The fourth-order valence-corrected chi connectivity index (χ4v) is 8.42. The molecule has 0 spiro atoms. The van der Waals surface area contributed by atoms with Crippen molar-refractivity contribution in [3.63, 3.8) is 0 Å². The van der Waals surface area contributed by atoms with Crippen molar-refractivity contribution in [2.75, 3.05) is 4.90 Å². The monoisotopic (exact) mass is 676 g/mol. The van der Waals surface area contributed by atoms with E-state index in [1.807, 2.05) is 12.1 Å². The van der Waals surface area contributed by atoms with Crippen molar-refractivity contribution in [2.45, 2.75) is 0 Å². The van der Waals surface area contributed by atoms with Crippen LogP contribution >= 0.6 is 0 Å². The molecule has 0 saturated carbocycles. The largest absolute Gasteiger partial charge is 0.456 e. The summed E-state index contributed by atoms with van der Waals surface area (Å²) < 4.78 is 8.65. The quantitative estimate of drug-likeness (QED) is 0.169. The summed E-state index contributed by atoms with van der Waals surface area (Å²) in [5, 5.41) is 9.68. The van der Waals surface area contributed by atoms with E-state index in [-0.39, 0.29) is 0 Å². The Kier molecular flexibility index (Phi) is 6.55. The minimum atomic E-state index is 0.902. The van der Waals surface area contributed by atoms with Gasteiger partial charge in [0.2, 0.25) is 0 Å². The van der Waals surface area contributed by atoms with Gasteiger partial charge in [-0.2, -0.15) is 0 Å². The van der Waals surface area contributed by atoms with Crippen molar-refractivity contribution >= 4 is 82.4 Å². The lowest BCUT2D eigenvalue weighted by Gasteiger charge is -2.28. The van der Waals surface area contributed by atoms with Crippen LogP contribution in [0.4, 0.5) is 17.1 Å². The molecule has 11 aromatic rings. The molecule has 0 radical (unpaired) electrons. The molecule has 53 heavy (non-hydrogen) atoms. The Morgan fingerprint density at radius 1 is 0.396 bits per heavy atom. The number of furan rings is 1. The lowest BCUT2D eigenvalue weighted by molar-refractivity contribution is 0.669. The molecule has 3 heteroatoms. The van der Waals surface area contributed by atoms with Crippen LogP contribution in [0.15, 0.2) is 199 Å². The number of hydrogen-bond acceptors (Lipinski definition) is 2. The number of fused-ring (bicyclic) bond motifs is 9. The van der Waals surface area contributed by atoms with Gasteiger partial charge in [0.25, 0.3) is 0 Å². The zero-order valence-electron chi connectivity index (χ0n) is 28.8. The van der Waals surface area contributed by atoms with Crippen LogP contribution in [0.5, 0.6) is 0 Å². The second kappa shape index (κ2) is 11.7. The molecule has 0 aliphatic rings. The highest BCUT2D eigenvalue weighted by Gasteiger charge is 2.20. The first-order valence-electron chi connectivity index (χ1n) is 18.1. The van der Waals surface area contributed by atoms with Crippen molar-refractivity contribution in [3.8, 4) is 16.8 Å². The molecule has 3 nitrogen and oxygen atoms in total. The maximum atomic E-state index is 6.25. The van der Waals surface area contributed by atoms with Gasteiger partial charge in [0, 0.05) is 44.0 Å². The predicted octanol–water partition coefficient (Wildman–Crippen LogP) is 14.1. The third-order valence-corrected chi connectivity index (χ3v) is 10.8. The molecule has 0 saturated heterocycles. The van der Waals surface area contributed by atoms with Crippen LogP contribution in [-0.4, -0.2) is 4.57 Å². The Hall–Kier alpha value is -7.10. The fourth-order valence-electron chi connectivity index (χ4n) is 8.42. The number of rotatable bonds is 5. The van der Waals surface area contributed by atoms with Crippen LogP contribution in [0.2, 0.25) is 0 Å². The third kappa shape index (κ3) is 4.61. The molecule has 0 aliphatic carbocycles. The Morgan fingerprint density at radius 3 is 1.77 bits per heavy atom. The lowest BCUT2D eigenvalue weighted by Crippen LogP contribution is -2.11. The summed E-state index contributed by atoms with van der Waals surface area (Å²) in [5.41, 5.74) is 10.9. The predicted molar refractivity (Wildman–Crippen MR) is 223 cm³/mol. The van der Waals surface area contributed by atoms with Gasteiger partial charge >= 0.3 is 0 Å². The summed E-state index contributed by atoms with van der Waals surface area (Å²) in [6, 6.07) is 69.8. The van der Waals surface area contributed by atoms with E-state index >= 15 is 0 Å². The number of nitrogens with zero attached hydrogens (tertiary/aromatic N) is 2. The van der Waals surface area contributed by atoms with Crippen LogP contribution < -0.4 is 4.90 Å². The molecule has 0 fully saturated rings. The van der Waals surface area contributed by atoms with Gasteiger partial charge in [0.15, 0.2) is 0 Å². The molecule has 248 valence electrons. The highest BCUT2D eigenvalue weighted by molar-refractivity contribution is 6.15. The molecule has 0 atom stereocenters. The summed E-state index contributed by atoms with van der Waals surface area (Å²) in [7, 11) is 0. The molecular weight excluding hydrogens is 645 g/mol. The Bertz CT molecular complexity index is 3130.